The van der Waals surface area contributed by atoms with Crippen molar-refractivity contribution in [2.24, 2.45) is 7.05 Å². The van der Waals surface area contributed by atoms with E-state index in [-0.39, 0.29) is 30.1 Å². The van der Waals surface area contributed by atoms with Gasteiger partial charge in [-0.15, -0.1) is 0 Å². The lowest BCUT2D eigenvalue weighted by molar-refractivity contribution is 0.0643. The number of urea groups is 1. The number of amides is 3. The van der Waals surface area contributed by atoms with E-state index in [4.69, 9.17) is 0 Å². The molecule has 1 saturated carbocycles. The molecular formula is C17H25N5O2. The molecule has 3 aliphatic rings. The zero-order valence-electron chi connectivity index (χ0n) is 14.5. The van der Waals surface area contributed by atoms with Gasteiger partial charge in [-0.3, -0.25) is 9.48 Å². The Kier molecular flexibility index (Phi) is 3.54. The lowest BCUT2D eigenvalue weighted by Gasteiger charge is -2.38. The number of hydrogen-bond acceptors (Lipinski definition) is 3. The zero-order chi connectivity index (χ0) is 17.0. The summed E-state index contributed by atoms with van der Waals surface area (Å²) < 4.78 is 1.84. The number of nitrogens with one attached hydrogen (secondary N) is 1. The Morgan fingerprint density at radius 1 is 1.33 bits per heavy atom. The van der Waals surface area contributed by atoms with E-state index < -0.39 is 0 Å². The summed E-state index contributed by atoms with van der Waals surface area (Å²) in [6.07, 6.45) is 4.82. The molecule has 3 heterocycles. The molecule has 1 N–H and O–H groups in total. The van der Waals surface area contributed by atoms with Crippen molar-refractivity contribution in [3.63, 3.8) is 0 Å². The van der Waals surface area contributed by atoms with Crippen molar-refractivity contribution < 1.29 is 9.59 Å². The Balaban J connectivity index is 1.51. The highest BCUT2D eigenvalue weighted by Gasteiger charge is 2.45. The van der Waals surface area contributed by atoms with Crippen LogP contribution in [0, 0.1) is 0 Å². The minimum Gasteiger partial charge on any atom is -0.336 e. The first-order valence-corrected chi connectivity index (χ1v) is 8.87. The highest BCUT2D eigenvalue weighted by Crippen LogP contribution is 2.41. The molecule has 1 aliphatic carbocycles. The molecule has 3 fully saturated rings. The number of nitrogens with zero attached hydrogens (tertiary/aromatic N) is 4. The Hall–Kier alpha value is -2.05. The van der Waals surface area contributed by atoms with Crippen LogP contribution < -0.4 is 5.32 Å². The molecule has 7 heteroatoms. The molecule has 130 valence electrons. The van der Waals surface area contributed by atoms with Crippen LogP contribution in [0.4, 0.5) is 4.79 Å². The van der Waals surface area contributed by atoms with Gasteiger partial charge in [0, 0.05) is 32.1 Å². The quantitative estimate of drug-likeness (QED) is 0.908. The minimum absolute atomic E-state index is 0.00523. The first kappa shape index (κ1) is 15.5. The van der Waals surface area contributed by atoms with Gasteiger partial charge in [0.05, 0.1) is 29.5 Å². The number of likely N-dealkylation sites (tertiary alicyclic amines) is 1. The summed E-state index contributed by atoms with van der Waals surface area (Å²) in [5.74, 6) is 0.539. The molecule has 0 spiro atoms. The second-order valence-electron chi connectivity index (χ2n) is 7.51. The van der Waals surface area contributed by atoms with E-state index in [2.05, 4.69) is 10.4 Å². The van der Waals surface area contributed by atoms with E-state index in [9.17, 15) is 9.59 Å². The highest BCUT2D eigenvalue weighted by atomic mass is 16.2. The van der Waals surface area contributed by atoms with E-state index >= 15 is 0 Å². The van der Waals surface area contributed by atoms with Gasteiger partial charge in [-0.25, -0.2) is 4.79 Å². The average molecular weight is 331 g/mol. The molecule has 1 aromatic rings. The molecule has 4 rings (SSSR count). The monoisotopic (exact) mass is 331 g/mol. The van der Waals surface area contributed by atoms with Gasteiger partial charge in [0.2, 0.25) is 0 Å². The highest BCUT2D eigenvalue weighted by molar-refractivity contribution is 5.95. The van der Waals surface area contributed by atoms with Crippen LogP contribution in [0.25, 0.3) is 0 Å². The number of carbonyl (C=O) groups is 2. The van der Waals surface area contributed by atoms with Crippen molar-refractivity contribution >= 4 is 11.9 Å². The number of aryl methyl sites for hydroxylation is 1. The molecular weight excluding hydrogens is 306 g/mol. The molecule has 24 heavy (non-hydrogen) atoms. The number of piperidine rings is 1. The Morgan fingerprint density at radius 2 is 2.08 bits per heavy atom. The van der Waals surface area contributed by atoms with Gasteiger partial charge in [-0.1, -0.05) is 0 Å². The van der Waals surface area contributed by atoms with Gasteiger partial charge in [-0.2, -0.15) is 5.10 Å². The third-order valence-electron chi connectivity index (χ3n) is 5.50. The molecule has 2 aliphatic heterocycles. The second kappa shape index (κ2) is 5.50. The van der Waals surface area contributed by atoms with Crippen molar-refractivity contribution in [1.29, 1.82) is 0 Å². The predicted molar refractivity (Wildman–Crippen MR) is 88.8 cm³/mol. The van der Waals surface area contributed by atoms with E-state index in [1.807, 2.05) is 35.4 Å². The van der Waals surface area contributed by atoms with Crippen LogP contribution in [-0.2, 0) is 7.05 Å². The summed E-state index contributed by atoms with van der Waals surface area (Å²) in [4.78, 5) is 29.0. The molecule has 0 radical (unpaired) electrons. The molecule has 0 unspecified atom stereocenters. The number of aromatic nitrogens is 2. The normalized spacial score (nSPS) is 26.8. The van der Waals surface area contributed by atoms with E-state index in [0.717, 1.165) is 30.5 Å². The molecule has 0 aromatic carbocycles. The van der Waals surface area contributed by atoms with Crippen molar-refractivity contribution in [3.05, 3.63) is 17.5 Å². The fraction of sp³-hybridized carbons (Fsp3) is 0.706. The van der Waals surface area contributed by atoms with E-state index in [0.29, 0.717) is 19.0 Å². The van der Waals surface area contributed by atoms with Crippen LogP contribution in [0.2, 0.25) is 0 Å². The largest absolute Gasteiger partial charge is 0.336 e. The smallest absolute Gasteiger partial charge is 0.318 e. The molecule has 2 atom stereocenters. The predicted octanol–water partition coefficient (Wildman–Crippen LogP) is 1.31. The Morgan fingerprint density at radius 3 is 2.75 bits per heavy atom. The summed E-state index contributed by atoms with van der Waals surface area (Å²) in [5.41, 5.74) is 1.81. The average Bonchev–Trinajstić information content (AvgIpc) is 3.21. The van der Waals surface area contributed by atoms with Crippen LogP contribution in [0.1, 0.15) is 55.1 Å². The van der Waals surface area contributed by atoms with Gasteiger partial charge in [0.25, 0.3) is 5.91 Å². The maximum absolute atomic E-state index is 13.0. The number of rotatable bonds is 3. The Labute approximate surface area is 142 Å². The lowest BCUT2D eigenvalue weighted by atomic mass is 9.98. The van der Waals surface area contributed by atoms with Crippen molar-refractivity contribution in [1.82, 2.24) is 24.9 Å². The van der Waals surface area contributed by atoms with Crippen molar-refractivity contribution in [2.45, 2.75) is 57.2 Å². The summed E-state index contributed by atoms with van der Waals surface area (Å²) in [6.45, 7) is 5.35. The topological polar surface area (TPSA) is 70.5 Å². The first-order chi connectivity index (χ1) is 11.5. The van der Waals surface area contributed by atoms with Gasteiger partial charge in [0.15, 0.2) is 0 Å². The fourth-order valence-corrected chi connectivity index (χ4v) is 4.22. The van der Waals surface area contributed by atoms with Gasteiger partial charge in [-0.05, 0) is 33.1 Å². The summed E-state index contributed by atoms with van der Waals surface area (Å²) >= 11 is 0. The van der Waals surface area contributed by atoms with Crippen molar-refractivity contribution in [2.75, 3.05) is 13.1 Å². The van der Waals surface area contributed by atoms with Crippen LogP contribution in [0.5, 0.6) is 0 Å². The van der Waals surface area contributed by atoms with Gasteiger partial charge in [0.1, 0.15) is 0 Å². The summed E-state index contributed by atoms with van der Waals surface area (Å²) in [7, 11) is 1.91. The van der Waals surface area contributed by atoms with E-state index in [1.54, 1.807) is 6.20 Å². The van der Waals surface area contributed by atoms with Gasteiger partial charge < -0.3 is 15.1 Å². The number of hydrogen-bond donors (Lipinski definition) is 1. The zero-order valence-corrected chi connectivity index (χ0v) is 14.5. The summed E-state index contributed by atoms with van der Waals surface area (Å²) in [5, 5.41) is 7.35. The lowest BCUT2D eigenvalue weighted by Crippen LogP contribution is -2.53. The standard InChI is InChI=1S/C17H25N5O2/c1-10(2)22-14-6-7-21(9-13(14)19-17(22)24)16(23)12-8-18-20(3)15(12)11-4-5-11/h8,10-11,13-14H,4-7,9H2,1-3H3,(H,19,24)/t13-,14+/m1/s1. The van der Waals surface area contributed by atoms with E-state index in [1.165, 1.54) is 0 Å². The van der Waals surface area contributed by atoms with Crippen LogP contribution in [0.3, 0.4) is 0 Å². The van der Waals surface area contributed by atoms with Gasteiger partial charge >= 0.3 is 6.03 Å². The third-order valence-corrected chi connectivity index (χ3v) is 5.50. The molecule has 7 nitrogen and oxygen atoms in total. The number of carbonyl (C=O) groups excluding carboxylic acids is 2. The fourth-order valence-electron chi connectivity index (χ4n) is 4.22. The van der Waals surface area contributed by atoms with Crippen LogP contribution >= 0.6 is 0 Å². The minimum atomic E-state index is -0.00523. The Bertz CT molecular complexity index is 679. The number of fused-ring (bicyclic) bond motifs is 1. The third kappa shape index (κ3) is 2.37. The maximum Gasteiger partial charge on any atom is 0.318 e. The molecule has 0 bridgehead atoms. The van der Waals surface area contributed by atoms with Crippen molar-refractivity contribution in [3.8, 4) is 0 Å². The van der Waals surface area contributed by atoms with Crippen LogP contribution in [0.15, 0.2) is 6.20 Å². The second-order valence-corrected chi connectivity index (χ2v) is 7.51. The molecule has 2 saturated heterocycles. The SMILES string of the molecule is CC(C)N1C(=O)N[C@@H]2CN(C(=O)c3cnn(C)c3C3CC3)CC[C@@H]21. The summed E-state index contributed by atoms with van der Waals surface area (Å²) in [6, 6.07) is 0.397. The molecule has 1 aromatic heterocycles. The molecule has 3 amide bonds. The van der Waals surface area contributed by atoms with Crippen LogP contribution in [-0.4, -0.2) is 62.7 Å². The maximum atomic E-state index is 13.0. The first-order valence-electron chi connectivity index (χ1n) is 8.87.